The van der Waals surface area contributed by atoms with Gasteiger partial charge in [0, 0.05) is 30.7 Å². The summed E-state index contributed by atoms with van der Waals surface area (Å²) in [5, 5.41) is 2.72. The van der Waals surface area contributed by atoms with Gasteiger partial charge in [0.25, 0.3) is 0 Å². The first-order chi connectivity index (χ1) is 10.9. The molecular weight excluding hydrogens is 312 g/mol. The van der Waals surface area contributed by atoms with Crippen LogP contribution in [-0.2, 0) is 9.63 Å². The SMILES string of the molecule is CON1CCC2(CC1)CC(c1c(C)cc(Cl)cc1C)C(=O)N2C. The fourth-order valence-corrected chi connectivity index (χ4v) is 4.72. The van der Waals surface area contributed by atoms with Crippen LogP contribution in [0.4, 0.5) is 0 Å². The highest BCUT2D eigenvalue weighted by molar-refractivity contribution is 6.30. The van der Waals surface area contributed by atoms with E-state index < -0.39 is 0 Å². The highest BCUT2D eigenvalue weighted by atomic mass is 35.5. The number of carbonyl (C=O) groups excluding carboxylic acids is 1. The number of piperidine rings is 1. The van der Waals surface area contributed by atoms with Crippen molar-refractivity contribution in [3.8, 4) is 0 Å². The van der Waals surface area contributed by atoms with Gasteiger partial charge in [-0.05, 0) is 61.9 Å². The molecule has 0 aromatic heterocycles. The third kappa shape index (κ3) is 2.77. The average Bonchev–Trinajstić information content (AvgIpc) is 2.73. The third-order valence-corrected chi connectivity index (χ3v) is 5.96. The van der Waals surface area contributed by atoms with Crippen molar-refractivity contribution in [3.63, 3.8) is 0 Å². The second-order valence-corrected chi connectivity index (χ2v) is 7.38. The van der Waals surface area contributed by atoms with E-state index in [9.17, 15) is 4.79 Å². The highest BCUT2D eigenvalue weighted by Crippen LogP contribution is 2.46. The van der Waals surface area contributed by atoms with E-state index in [1.54, 1.807) is 7.11 Å². The summed E-state index contributed by atoms with van der Waals surface area (Å²) in [7, 11) is 3.68. The van der Waals surface area contributed by atoms with Crippen molar-refractivity contribution in [2.24, 2.45) is 0 Å². The molecule has 2 saturated heterocycles. The van der Waals surface area contributed by atoms with E-state index in [1.807, 2.05) is 29.1 Å². The molecule has 0 bridgehead atoms. The molecule has 0 saturated carbocycles. The highest BCUT2D eigenvalue weighted by Gasteiger charge is 2.51. The van der Waals surface area contributed by atoms with Crippen molar-refractivity contribution < 1.29 is 9.63 Å². The summed E-state index contributed by atoms with van der Waals surface area (Å²) in [5.74, 6) is 0.191. The minimum atomic E-state index is -0.0497. The normalized spacial score (nSPS) is 24.7. The summed E-state index contributed by atoms with van der Waals surface area (Å²) in [4.78, 5) is 20.3. The van der Waals surface area contributed by atoms with Gasteiger partial charge in [0.1, 0.15) is 0 Å². The molecule has 1 aromatic carbocycles. The van der Waals surface area contributed by atoms with Crippen molar-refractivity contribution in [3.05, 3.63) is 33.8 Å². The number of hydroxylamine groups is 2. The summed E-state index contributed by atoms with van der Waals surface area (Å²) in [5.41, 5.74) is 3.37. The minimum absolute atomic E-state index is 0.0324. The first kappa shape index (κ1) is 16.7. The van der Waals surface area contributed by atoms with Crippen LogP contribution < -0.4 is 0 Å². The van der Waals surface area contributed by atoms with E-state index in [4.69, 9.17) is 16.4 Å². The van der Waals surface area contributed by atoms with Crippen LogP contribution in [0.3, 0.4) is 0 Å². The molecule has 2 fully saturated rings. The molecule has 2 heterocycles. The summed E-state index contributed by atoms with van der Waals surface area (Å²) >= 11 is 6.15. The molecule has 23 heavy (non-hydrogen) atoms. The molecule has 0 N–H and O–H groups in total. The van der Waals surface area contributed by atoms with Crippen LogP contribution in [0.25, 0.3) is 0 Å². The van der Waals surface area contributed by atoms with Crippen molar-refractivity contribution in [1.29, 1.82) is 0 Å². The Morgan fingerprint density at radius 2 is 1.78 bits per heavy atom. The van der Waals surface area contributed by atoms with E-state index in [-0.39, 0.29) is 17.4 Å². The van der Waals surface area contributed by atoms with E-state index in [0.29, 0.717) is 0 Å². The zero-order chi connectivity index (χ0) is 16.8. The molecule has 2 aliphatic rings. The molecule has 5 heteroatoms. The Labute approximate surface area is 143 Å². The third-order valence-electron chi connectivity index (χ3n) is 5.74. The topological polar surface area (TPSA) is 32.8 Å². The van der Waals surface area contributed by atoms with Crippen LogP contribution in [0.5, 0.6) is 0 Å². The van der Waals surface area contributed by atoms with Crippen molar-refractivity contribution in [2.75, 3.05) is 27.2 Å². The maximum absolute atomic E-state index is 13.0. The molecule has 1 unspecified atom stereocenters. The van der Waals surface area contributed by atoms with Crippen LogP contribution in [0.1, 0.15) is 41.9 Å². The Bertz CT molecular complexity index is 600. The van der Waals surface area contributed by atoms with Crippen LogP contribution in [0, 0.1) is 13.8 Å². The average molecular weight is 337 g/mol. The molecule has 4 nitrogen and oxygen atoms in total. The van der Waals surface area contributed by atoms with Crippen molar-refractivity contribution in [1.82, 2.24) is 9.96 Å². The number of aryl methyl sites for hydroxylation is 2. The lowest BCUT2D eigenvalue weighted by molar-refractivity contribution is -0.161. The number of rotatable bonds is 2. The van der Waals surface area contributed by atoms with Gasteiger partial charge < -0.3 is 9.74 Å². The van der Waals surface area contributed by atoms with E-state index in [2.05, 4.69) is 13.8 Å². The lowest BCUT2D eigenvalue weighted by Crippen LogP contribution is -2.51. The van der Waals surface area contributed by atoms with E-state index >= 15 is 0 Å². The minimum Gasteiger partial charge on any atom is -0.339 e. The standard InChI is InChI=1S/C18H25ClN2O2/c1-12-9-14(19)10-13(2)16(12)15-11-18(20(3)17(15)22)5-7-21(23-4)8-6-18/h9-10,15H,5-8,11H2,1-4H3. The predicted octanol–water partition coefficient (Wildman–Crippen LogP) is 3.30. The van der Waals surface area contributed by atoms with Crippen molar-refractivity contribution in [2.45, 2.75) is 44.6 Å². The maximum Gasteiger partial charge on any atom is 0.230 e. The van der Waals surface area contributed by atoms with Crippen molar-refractivity contribution >= 4 is 17.5 Å². The zero-order valence-corrected chi connectivity index (χ0v) is 15.1. The molecule has 126 valence electrons. The van der Waals surface area contributed by atoms with E-state index in [0.717, 1.165) is 54.1 Å². The second-order valence-electron chi connectivity index (χ2n) is 6.94. The maximum atomic E-state index is 13.0. The number of amides is 1. The molecule has 1 amide bonds. The molecule has 1 aromatic rings. The largest absolute Gasteiger partial charge is 0.339 e. The van der Waals surface area contributed by atoms with Gasteiger partial charge in [-0.15, -0.1) is 0 Å². The van der Waals surface area contributed by atoms with Crippen LogP contribution in [0.2, 0.25) is 5.02 Å². The Morgan fingerprint density at radius 3 is 2.30 bits per heavy atom. The number of halogens is 1. The van der Waals surface area contributed by atoms with Gasteiger partial charge in [-0.1, -0.05) is 11.6 Å². The molecule has 1 spiro atoms. The summed E-state index contributed by atoms with van der Waals surface area (Å²) in [6, 6.07) is 3.94. The first-order valence-corrected chi connectivity index (χ1v) is 8.59. The molecule has 0 aliphatic carbocycles. The molecule has 1 atom stereocenters. The predicted molar refractivity (Wildman–Crippen MR) is 91.6 cm³/mol. The van der Waals surface area contributed by atoms with E-state index in [1.165, 1.54) is 0 Å². The molecular formula is C18H25ClN2O2. The molecule has 2 aliphatic heterocycles. The smallest absolute Gasteiger partial charge is 0.230 e. The summed E-state index contributed by atoms with van der Waals surface area (Å²) in [6.07, 6.45) is 2.82. The number of likely N-dealkylation sites (N-methyl/N-ethyl adjacent to an activating group) is 1. The monoisotopic (exact) mass is 336 g/mol. The fourth-order valence-electron chi connectivity index (χ4n) is 4.39. The number of likely N-dealkylation sites (tertiary alicyclic amines) is 1. The Balaban J connectivity index is 1.91. The Hall–Kier alpha value is -1.10. The quantitative estimate of drug-likeness (QED) is 0.830. The number of benzene rings is 1. The van der Waals surface area contributed by atoms with Crippen LogP contribution in [0.15, 0.2) is 12.1 Å². The number of carbonyl (C=O) groups is 1. The molecule has 3 rings (SSSR count). The van der Waals surface area contributed by atoms with Gasteiger partial charge in [0.05, 0.1) is 13.0 Å². The summed E-state index contributed by atoms with van der Waals surface area (Å²) < 4.78 is 0. The second kappa shape index (κ2) is 6.08. The number of hydrogen-bond acceptors (Lipinski definition) is 3. The van der Waals surface area contributed by atoms with Gasteiger partial charge in [0.2, 0.25) is 5.91 Å². The first-order valence-electron chi connectivity index (χ1n) is 8.21. The lowest BCUT2D eigenvalue weighted by Gasteiger charge is -2.42. The molecule has 0 radical (unpaired) electrons. The fraction of sp³-hybridized carbons (Fsp3) is 0.611. The zero-order valence-electron chi connectivity index (χ0n) is 14.4. The Kier molecular flexibility index (Phi) is 4.43. The van der Waals surface area contributed by atoms with Gasteiger partial charge in [0.15, 0.2) is 0 Å². The van der Waals surface area contributed by atoms with Gasteiger partial charge in [-0.2, -0.15) is 5.06 Å². The van der Waals surface area contributed by atoms with Crippen LogP contribution in [-0.4, -0.2) is 48.7 Å². The van der Waals surface area contributed by atoms with Gasteiger partial charge in [-0.3, -0.25) is 4.79 Å². The lowest BCUT2D eigenvalue weighted by atomic mass is 9.80. The van der Waals surface area contributed by atoms with Gasteiger partial charge in [-0.25, -0.2) is 0 Å². The number of nitrogens with zero attached hydrogens (tertiary/aromatic N) is 2. The summed E-state index contributed by atoms with van der Waals surface area (Å²) in [6.45, 7) is 5.86. The van der Waals surface area contributed by atoms with Crippen LogP contribution >= 0.6 is 11.6 Å². The van der Waals surface area contributed by atoms with Gasteiger partial charge >= 0.3 is 0 Å². The number of hydrogen-bond donors (Lipinski definition) is 0. The Morgan fingerprint density at radius 1 is 1.22 bits per heavy atom.